The maximum absolute atomic E-state index is 10.6. The average Bonchev–Trinajstić information content (AvgIpc) is 2.47. The Morgan fingerprint density at radius 3 is 2.45 bits per heavy atom. The molecule has 0 saturated carbocycles. The third-order valence-electron chi connectivity index (χ3n) is 2.85. The van der Waals surface area contributed by atoms with E-state index in [9.17, 15) is 10.1 Å². The van der Waals surface area contributed by atoms with E-state index in [0.717, 1.165) is 16.9 Å². The van der Waals surface area contributed by atoms with Gasteiger partial charge >= 0.3 is 0 Å². The number of hydrogen-bond donors (Lipinski definition) is 1. The van der Waals surface area contributed by atoms with Crippen molar-refractivity contribution < 1.29 is 4.92 Å². The van der Waals surface area contributed by atoms with Gasteiger partial charge in [0.1, 0.15) is 0 Å². The first-order valence-electron chi connectivity index (χ1n) is 5.72. The number of nitrogens with zero attached hydrogens (tertiary/aromatic N) is 1. The Kier molecular flexibility index (Phi) is 4.46. The number of nitro benzene ring substituents is 1. The highest BCUT2D eigenvalue weighted by molar-refractivity contribution is 8.93. The molecular formula is C14H11BrN2O2S. The smallest absolute Gasteiger partial charge is 0.269 e. The van der Waals surface area contributed by atoms with E-state index in [1.165, 1.54) is 17.0 Å². The summed E-state index contributed by atoms with van der Waals surface area (Å²) < 4.78 is 0. The zero-order chi connectivity index (χ0) is 13.2. The van der Waals surface area contributed by atoms with Crippen molar-refractivity contribution in [1.29, 1.82) is 0 Å². The van der Waals surface area contributed by atoms with Crippen LogP contribution < -0.4 is 5.32 Å². The van der Waals surface area contributed by atoms with Crippen LogP contribution in [-0.2, 0) is 0 Å². The number of non-ortho nitro benzene ring substituents is 1. The fourth-order valence-electron chi connectivity index (χ4n) is 1.87. The van der Waals surface area contributed by atoms with E-state index in [0.29, 0.717) is 0 Å². The Labute approximate surface area is 130 Å². The van der Waals surface area contributed by atoms with Gasteiger partial charge in [-0.1, -0.05) is 23.9 Å². The fourth-order valence-corrected chi connectivity index (χ4v) is 2.72. The number of thioether (sulfide) groups is 1. The second kappa shape index (κ2) is 6.11. The molecule has 102 valence electrons. The van der Waals surface area contributed by atoms with Crippen LogP contribution in [0.3, 0.4) is 0 Å². The number of rotatable bonds is 2. The highest BCUT2D eigenvalue weighted by Crippen LogP contribution is 2.37. The molecule has 6 heteroatoms. The molecule has 20 heavy (non-hydrogen) atoms. The molecule has 1 heterocycles. The predicted octanol–water partition coefficient (Wildman–Crippen LogP) is 4.69. The number of nitrogens with one attached hydrogen (secondary N) is 1. The molecule has 1 N–H and O–H groups in total. The Morgan fingerprint density at radius 1 is 1.05 bits per heavy atom. The number of anilines is 1. The summed E-state index contributed by atoms with van der Waals surface area (Å²) in [6, 6.07) is 14.6. The number of hydrogen-bond acceptors (Lipinski definition) is 4. The number of para-hydroxylation sites is 1. The summed E-state index contributed by atoms with van der Waals surface area (Å²) >= 11 is 1.64. The molecule has 0 fully saturated rings. The van der Waals surface area contributed by atoms with Crippen molar-refractivity contribution in [2.75, 3.05) is 5.32 Å². The van der Waals surface area contributed by atoms with Crippen molar-refractivity contribution in [3.8, 4) is 0 Å². The highest BCUT2D eigenvalue weighted by Gasteiger charge is 2.12. The van der Waals surface area contributed by atoms with Gasteiger partial charge in [0.15, 0.2) is 0 Å². The van der Waals surface area contributed by atoms with Crippen LogP contribution in [0.4, 0.5) is 11.4 Å². The van der Waals surface area contributed by atoms with E-state index < -0.39 is 4.92 Å². The van der Waals surface area contributed by atoms with Gasteiger partial charge in [-0.05, 0) is 29.8 Å². The standard InChI is InChI=1S/C14H10N2O2S.BrH/c17-16(18)11-7-5-10(6-8-11)13-9-19-14-4-2-1-3-12(14)15-13;/h1-9,15H;1H. The Balaban J connectivity index is 0.00000147. The third kappa shape index (κ3) is 2.86. The van der Waals surface area contributed by atoms with Crippen molar-refractivity contribution in [2.45, 2.75) is 4.90 Å². The molecule has 2 aromatic rings. The molecular weight excluding hydrogens is 340 g/mol. The van der Waals surface area contributed by atoms with Crippen LogP contribution in [0, 0.1) is 10.1 Å². The van der Waals surface area contributed by atoms with E-state index >= 15 is 0 Å². The van der Waals surface area contributed by atoms with Gasteiger partial charge in [0.05, 0.1) is 16.3 Å². The van der Waals surface area contributed by atoms with Crippen molar-refractivity contribution in [3.63, 3.8) is 0 Å². The molecule has 0 unspecified atom stereocenters. The lowest BCUT2D eigenvalue weighted by Gasteiger charge is -2.18. The number of nitro groups is 1. The van der Waals surface area contributed by atoms with Crippen LogP contribution >= 0.6 is 28.7 Å². The largest absolute Gasteiger partial charge is 0.354 e. The molecule has 1 aliphatic heterocycles. The lowest BCUT2D eigenvalue weighted by Crippen LogP contribution is -2.02. The first-order valence-corrected chi connectivity index (χ1v) is 6.60. The summed E-state index contributed by atoms with van der Waals surface area (Å²) in [7, 11) is 0. The lowest BCUT2D eigenvalue weighted by atomic mass is 10.1. The summed E-state index contributed by atoms with van der Waals surface area (Å²) in [5.41, 5.74) is 3.06. The normalized spacial score (nSPS) is 12.5. The maximum atomic E-state index is 10.6. The van der Waals surface area contributed by atoms with Crippen LogP contribution in [0.15, 0.2) is 58.8 Å². The quantitative estimate of drug-likeness (QED) is 0.630. The van der Waals surface area contributed by atoms with Gasteiger partial charge in [0.25, 0.3) is 5.69 Å². The molecule has 1 aliphatic rings. The van der Waals surface area contributed by atoms with Crippen LogP contribution in [0.2, 0.25) is 0 Å². The summed E-state index contributed by atoms with van der Waals surface area (Å²) in [4.78, 5) is 11.4. The molecule has 0 aliphatic carbocycles. The molecule has 0 atom stereocenters. The Hall–Kier alpha value is -1.79. The second-order valence-corrected chi connectivity index (χ2v) is 4.99. The minimum Gasteiger partial charge on any atom is -0.354 e. The van der Waals surface area contributed by atoms with Gasteiger partial charge in [-0.2, -0.15) is 0 Å². The van der Waals surface area contributed by atoms with Gasteiger partial charge in [0, 0.05) is 22.4 Å². The zero-order valence-electron chi connectivity index (χ0n) is 10.3. The van der Waals surface area contributed by atoms with Crippen LogP contribution in [0.5, 0.6) is 0 Å². The van der Waals surface area contributed by atoms with Gasteiger partial charge in [-0.25, -0.2) is 0 Å². The Morgan fingerprint density at radius 2 is 1.75 bits per heavy atom. The third-order valence-corrected chi connectivity index (χ3v) is 3.81. The van der Waals surface area contributed by atoms with E-state index in [1.54, 1.807) is 23.9 Å². The van der Waals surface area contributed by atoms with Crippen molar-refractivity contribution in [1.82, 2.24) is 0 Å². The lowest BCUT2D eigenvalue weighted by molar-refractivity contribution is -0.384. The summed E-state index contributed by atoms with van der Waals surface area (Å²) in [5, 5.41) is 16.0. The van der Waals surface area contributed by atoms with Crippen LogP contribution in [0.25, 0.3) is 5.70 Å². The molecule has 0 amide bonds. The number of benzene rings is 2. The molecule has 0 bridgehead atoms. The van der Waals surface area contributed by atoms with Gasteiger partial charge in [-0.3, -0.25) is 10.1 Å². The van der Waals surface area contributed by atoms with Gasteiger partial charge in [-0.15, -0.1) is 17.0 Å². The molecule has 0 radical (unpaired) electrons. The topological polar surface area (TPSA) is 55.2 Å². The zero-order valence-corrected chi connectivity index (χ0v) is 12.8. The predicted molar refractivity (Wildman–Crippen MR) is 87.3 cm³/mol. The van der Waals surface area contributed by atoms with E-state index in [4.69, 9.17) is 0 Å². The number of halogens is 1. The van der Waals surface area contributed by atoms with Crippen molar-refractivity contribution in [3.05, 3.63) is 69.6 Å². The minimum absolute atomic E-state index is 0. The van der Waals surface area contributed by atoms with E-state index in [2.05, 4.69) is 11.4 Å². The molecule has 2 aromatic carbocycles. The van der Waals surface area contributed by atoms with Crippen molar-refractivity contribution >= 4 is 45.8 Å². The maximum Gasteiger partial charge on any atom is 0.269 e. The molecule has 4 nitrogen and oxygen atoms in total. The summed E-state index contributed by atoms with van der Waals surface area (Å²) in [6.45, 7) is 0. The molecule has 0 aromatic heterocycles. The SMILES string of the molecule is Br.O=[N+]([O-])c1ccc(C2=CSc3ccccc3N2)cc1. The summed E-state index contributed by atoms with van der Waals surface area (Å²) in [5.74, 6) is 0. The van der Waals surface area contributed by atoms with E-state index in [-0.39, 0.29) is 22.7 Å². The van der Waals surface area contributed by atoms with Gasteiger partial charge in [0.2, 0.25) is 0 Å². The van der Waals surface area contributed by atoms with Crippen molar-refractivity contribution in [2.24, 2.45) is 0 Å². The monoisotopic (exact) mass is 350 g/mol. The summed E-state index contributed by atoms with van der Waals surface area (Å²) in [6.07, 6.45) is 0. The highest BCUT2D eigenvalue weighted by atomic mass is 79.9. The Bertz CT molecular complexity index is 671. The second-order valence-electron chi connectivity index (χ2n) is 4.07. The molecule has 0 spiro atoms. The van der Waals surface area contributed by atoms with Crippen LogP contribution in [-0.4, -0.2) is 4.92 Å². The first-order chi connectivity index (χ1) is 9.24. The first kappa shape index (κ1) is 14.6. The van der Waals surface area contributed by atoms with Crippen LogP contribution in [0.1, 0.15) is 5.56 Å². The van der Waals surface area contributed by atoms with Gasteiger partial charge < -0.3 is 5.32 Å². The minimum atomic E-state index is -0.392. The fraction of sp³-hybridized carbons (Fsp3) is 0. The number of fused-ring (bicyclic) bond motifs is 1. The molecule has 0 saturated heterocycles. The average molecular weight is 351 g/mol. The molecule has 3 rings (SSSR count). The van der Waals surface area contributed by atoms with E-state index in [1.807, 2.05) is 23.6 Å².